The zero-order valence-corrected chi connectivity index (χ0v) is 12.5. The van der Waals surface area contributed by atoms with Crippen LogP contribution in [0.5, 0.6) is 5.75 Å². The molecule has 2 rings (SSSR count). The van der Waals surface area contributed by atoms with Gasteiger partial charge in [0.05, 0.1) is 19.3 Å². The lowest BCUT2D eigenvalue weighted by Crippen LogP contribution is -2.34. The summed E-state index contributed by atoms with van der Waals surface area (Å²) >= 11 is 0. The molecule has 0 saturated carbocycles. The molecule has 1 saturated heterocycles. The Balaban J connectivity index is 2.05. The van der Waals surface area contributed by atoms with Crippen LogP contribution in [0, 0.1) is 0 Å². The molecule has 0 amide bonds. The molecular formula is C16H26N2O2. The average Bonchev–Trinajstić information content (AvgIpc) is 2.88. The summed E-state index contributed by atoms with van der Waals surface area (Å²) in [4.78, 5) is 2.36. The maximum absolute atomic E-state index is 5.95. The molecule has 1 aliphatic heterocycles. The van der Waals surface area contributed by atoms with E-state index >= 15 is 0 Å². The molecule has 2 N–H and O–H groups in total. The Labute approximate surface area is 121 Å². The third-order valence-corrected chi connectivity index (χ3v) is 3.79. The van der Waals surface area contributed by atoms with E-state index in [2.05, 4.69) is 24.0 Å². The van der Waals surface area contributed by atoms with Crippen molar-refractivity contribution in [2.75, 3.05) is 31.6 Å². The van der Waals surface area contributed by atoms with Crippen molar-refractivity contribution in [1.82, 2.24) is 0 Å². The second-order valence-corrected chi connectivity index (χ2v) is 5.44. The van der Waals surface area contributed by atoms with Crippen LogP contribution in [0.1, 0.15) is 26.2 Å². The molecule has 0 radical (unpaired) electrons. The zero-order valence-electron chi connectivity index (χ0n) is 12.5. The minimum atomic E-state index is 0.328. The summed E-state index contributed by atoms with van der Waals surface area (Å²) in [5, 5.41) is 0. The number of ether oxygens (including phenoxy) is 2. The summed E-state index contributed by atoms with van der Waals surface area (Å²) in [5.74, 6) is 0.890. The fourth-order valence-electron chi connectivity index (χ4n) is 2.68. The highest BCUT2D eigenvalue weighted by Gasteiger charge is 2.24. The average molecular weight is 278 g/mol. The van der Waals surface area contributed by atoms with Crippen LogP contribution < -0.4 is 15.4 Å². The number of anilines is 1. The molecule has 1 aromatic rings. The first kappa shape index (κ1) is 15.1. The van der Waals surface area contributed by atoms with E-state index in [1.54, 1.807) is 7.11 Å². The minimum Gasteiger partial charge on any atom is -0.497 e. The van der Waals surface area contributed by atoms with E-state index in [4.69, 9.17) is 15.2 Å². The van der Waals surface area contributed by atoms with Gasteiger partial charge in [-0.05, 0) is 44.9 Å². The van der Waals surface area contributed by atoms with E-state index in [0.29, 0.717) is 18.8 Å². The molecule has 2 unspecified atom stereocenters. The van der Waals surface area contributed by atoms with Crippen molar-refractivity contribution < 1.29 is 9.47 Å². The van der Waals surface area contributed by atoms with E-state index in [1.807, 2.05) is 12.1 Å². The fourth-order valence-corrected chi connectivity index (χ4v) is 2.68. The lowest BCUT2D eigenvalue weighted by atomic mass is 10.1. The Morgan fingerprint density at radius 1 is 1.40 bits per heavy atom. The van der Waals surface area contributed by atoms with Gasteiger partial charge >= 0.3 is 0 Å². The Kier molecular flexibility index (Phi) is 5.68. The van der Waals surface area contributed by atoms with E-state index < -0.39 is 0 Å². The largest absolute Gasteiger partial charge is 0.497 e. The van der Waals surface area contributed by atoms with Gasteiger partial charge < -0.3 is 20.1 Å². The topological polar surface area (TPSA) is 47.7 Å². The number of hydrogen-bond donors (Lipinski definition) is 1. The Bertz CT molecular complexity index is 411. The van der Waals surface area contributed by atoms with E-state index in [0.717, 1.165) is 38.1 Å². The number of nitrogens with two attached hydrogens (primary N) is 1. The summed E-state index contributed by atoms with van der Waals surface area (Å²) in [6, 6.07) is 8.20. The summed E-state index contributed by atoms with van der Waals surface area (Å²) in [6.07, 6.45) is 4.01. The second-order valence-electron chi connectivity index (χ2n) is 5.44. The Morgan fingerprint density at radius 3 is 2.90 bits per heavy atom. The van der Waals surface area contributed by atoms with Gasteiger partial charge in [-0.2, -0.15) is 0 Å². The van der Waals surface area contributed by atoms with Gasteiger partial charge in [0.25, 0.3) is 0 Å². The third kappa shape index (κ3) is 4.12. The fraction of sp³-hybridized carbons (Fsp3) is 0.625. The van der Waals surface area contributed by atoms with Crippen LogP contribution in [0.2, 0.25) is 0 Å². The second kappa shape index (κ2) is 7.50. The molecule has 1 aromatic carbocycles. The summed E-state index contributed by atoms with van der Waals surface area (Å²) in [6.45, 7) is 4.74. The molecule has 20 heavy (non-hydrogen) atoms. The first-order chi connectivity index (χ1) is 9.72. The molecule has 0 aliphatic carbocycles. The number of methoxy groups -OCH3 is 1. The predicted octanol–water partition coefficient (Wildman–Crippen LogP) is 2.42. The zero-order chi connectivity index (χ0) is 14.4. The van der Waals surface area contributed by atoms with Crippen molar-refractivity contribution >= 4 is 5.69 Å². The molecule has 0 spiro atoms. The summed E-state index contributed by atoms with van der Waals surface area (Å²) < 4.78 is 11.3. The standard InChI is InChI=1S/C16H26N2O2/c1-13-7-8-16(20-13)12-18(10-4-9-17)14-5-3-6-15(11-14)19-2/h3,5-6,11,13,16H,4,7-10,12,17H2,1-2H3. The van der Waals surface area contributed by atoms with Gasteiger partial charge in [0, 0.05) is 24.8 Å². The van der Waals surface area contributed by atoms with E-state index in [1.165, 1.54) is 5.69 Å². The lowest BCUT2D eigenvalue weighted by molar-refractivity contribution is 0.0600. The van der Waals surface area contributed by atoms with Crippen molar-refractivity contribution in [3.8, 4) is 5.75 Å². The first-order valence-electron chi connectivity index (χ1n) is 7.47. The highest BCUT2D eigenvalue weighted by atomic mass is 16.5. The van der Waals surface area contributed by atoms with E-state index in [9.17, 15) is 0 Å². The van der Waals surface area contributed by atoms with Crippen molar-refractivity contribution in [2.24, 2.45) is 5.73 Å². The molecule has 0 aromatic heterocycles. The van der Waals surface area contributed by atoms with Gasteiger partial charge in [-0.15, -0.1) is 0 Å². The van der Waals surface area contributed by atoms with Crippen LogP contribution in [0.15, 0.2) is 24.3 Å². The van der Waals surface area contributed by atoms with Crippen molar-refractivity contribution in [2.45, 2.75) is 38.4 Å². The molecule has 4 heteroatoms. The monoisotopic (exact) mass is 278 g/mol. The van der Waals surface area contributed by atoms with Crippen molar-refractivity contribution in [3.05, 3.63) is 24.3 Å². The van der Waals surface area contributed by atoms with Gasteiger partial charge in [0.1, 0.15) is 5.75 Å². The van der Waals surface area contributed by atoms with Gasteiger partial charge in [0.2, 0.25) is 0 Å². The molecule has 2 atom stereocenters. The Hall–Kier alpha value is -1.26. The summed E-state index contributed by atoms with van der Waals surface area (Å²) in [5.41, 5.74) is 6.84. The molecule has 0 bridgehead atoms. The van der Waals surface area contributed by atoms with Crippen LogP contribution in [-0.4, -0.2) is 39.0 Å². The molecular weight excluding hydrogens is 252 g/mol. The van der Waals surface area contributed by atoms with Crippen LogP contribution in [0.4, 0.5) is 5.69 Å². The maximum atomic E-state index is 5.95. The predicted molar refractivity (Wildman–Crippen MR) is 82.4 cm³/mol. The van der Waals surface area contributed by atoms with Gasteiger partial charge in [-0.3, -0.25) is 0 Å². The third-order valence-electron chi connectivity index (χ3n) is 3.79. The lowest BCUT2D eigenvalue weighted by Gasteiger charge is -2.28. The van der Waals surface area contributed by atoms with Gasteiger partial charge in [-0.1, -0.05) is 6.07 Å². The van der Waals surface area contributed by atoms with Crippen LogP contribution >= 0.6 is 0 Å². The smallest absolute Gasteiger partial charge is 0.120 e. The SMILES string of the molecule is COc1cccc(N(CCCN)CC2CCC(C)O2)c1. The molecule has 1 heterocycles. The maximum Gasteiger partial charge on any atom is 0.120 e. The van der Waals surface area contributed by atoms with E-state index in [-0.39, 0.29) is 0 Å². The highest BCUT2D eigenvalue weighted by Crippen LogP contribution is 2.25. The van der Waals surface area contributed by atoms with Crippen LogP contribution in [0.3, 0.4) is 0 Å². The highest BCUT2D eigenvalue weighted by molar-refractivity contribution is 5.50. The number of rotatable bonds is 7. The normalized spacial score (nSPS) is 21.9. The quantitative estimate of drug-likeness (QED) is 0.832. The van der Waals surface area contributed by atoms with Crippen molar-refractivity contribution in [1.29, 1.82) is 0 Å². The van der Waals surface area contributed by atoms with Crippen LogP contribution in [-0.2, 0) is 4.74 Å². The summed E-state index contributed by atoms with van der Waals surface area (Å²) in [7, 11) is 1.70. The van der Waals surface area contributed by atoms with Crippen molar-refractivity contribution in [3.63, 3.8) is 0 Å². The van der Waals surface area contributed by atoms with Crippen LogP contribution in [0.25, 0.3) is 0 Å². The van der Waals surface area contributed by atoms with Gasteiger partial charge in [0.15, 0.2) is 0 Å². The molecule has 1 aliphatic rings. The van der Waals surface area contributed by atoms with Gasteiger partial charge in [-0.25, -0.2) is 0 Å². The number of hydrogen-bond acceptors (Lipinski definition) is 4. The number of benzene rings is 1. The minimum absolute atomic E-state index is 0.328. The molecule has 112 valence electrons. The Morgan fingerprint density at radius 2 is 2.25 bits per heavy atom. The number of nitrogens with zero attached hydrogens (tertiary/aromatic N) is 1. The first-order valence-corrected chi connectivity index (χ1v) is 7.47. The molecule has 1 fully saturated rings. The molecule has 4 nitrogen and oxygen atoms in total.